The number of hydrogen-bond acceptors (Lipinski definition) is 3. The van der Waals surface area contributed by atoms with Crippen molar-refractivity contribution in [2.24, 2.45) is 5.92 Å². The minimum absolute atomic E-state index is 0.136. The molecule has 1 unspecified atom stereocenters. The molecule has 7 heteroatoms. The van der Waals surface area contributed by atoms with Crippen molar-refractivity contribution in [2.45, 2.75) is 19.8 Å². The Kier molecular flexibility index (Phi) is 6.13. The van der Waals surface area contributed by atoms with Crippen molar-refractivity contribution in [3.05, 3.63) is 53.8 Å². The fourth-order valence-corrected chi connectivity index (χ4v) is 3.27. The van der Waals surface area contributed by atoms with Crippen LogP contribution in [0.25, 0.3) is 0 Å². The van der Waals surface area contributed by atoms with Crippen LogP contribution >= 0.6 is 0 Å². The molecule has 0 aromatic heterocycles. The lowest BCUT2D eigenvalue weighted by atomic mass is 9.97. The molecule has 0 saturated carbocycles. The van der Waals surface area contributed by atoms with Crippen molar-refractivity contribution < 1.29 is 18.7 Å². The number of hydrogen-bond donors (Lipinski definition) is 2. The number of anilines is 2. The monoisotopic (exact) mass is 385 g/mol. The van der Waals surface area contributed by atoms with E-state index in [0.29, 0.717) is 36.6 Å². The molecule has 2 aromatic carbocycles. The number of benzene rings is 2. The molecule has 1 aliphatic heterocycles. The van der Waals surface area contributed by atoms with E-state index in [0.717, 1.165) is 12.0 Å². The normalized spacial score (nSPS) is 16.4. The van der Waals surface area contributed by atoms with Gasteiger partial charge in [0.15, 0.2) is 0 Å². The lowest BCUT2D eigenvalue weighted by molar-refractivity contribution is -0.121. The van der Waals surface area contributed by atoms with Crippen molar-refractivity contribution in [3.8, 4) is 5.75 Å². The Morgan fingerprint density at radius 1 is 1.14 bits per heavy atom. The molecule has 2 N–H and O–H groups in total. The van der Waals surface area contributed by atoms with E-state index in [9.17, 15) is 14.0 Å². The molecule has 28 heavy (non-hydrogen) atoms. The zero-order valence-electron chi connectivity index (χ0n) is 16.0. The zero-order valence-corrected chi connectivity index (χ0v) is 16.0. The summed E-state index contributed by atoms with van der Waals surface area (Å²) in [5.41, 5.74) is 2.16. The van der Waals surface area contributed by atoms with E-state index in [1.807, 2.05) is 25.1 Å². The number of amides is 3. The van der Waals surface area contributed by atoms with E-state index in [1.54, 1.807) is 12.0 Å². The Morgan fingerprint density at radius 3 is 2.61 bits per heavy atom. The molecule has 1 heterocycles. The van der Waals surface area contributed by atoms with Crippen molar-refractivity contribution in [2.75, 3.05) is 30.8 Å². The molecule has 1 fully saturated rings. The molecule has 2 aromatic rings. The molecular weight excluding hydrogens is 361 g/mol. The van der Waals surface area contributed by atoms with Gasteiger partial charge in [0.1, 0.15) is 11.6 Å². The Labute approximate surface area is 163 Å². The number of halogens is 1. The first-order chi connectivity index (χ1) is 13.5. The van der Waals surface area contributed by atoms with Crippen LogP contribution in [-0.4, -0.2) is 37.0 Å². The second kappa shape index (κ2) is 8.73. The number of likely N-dealkylation sites (tertiary alicyclic amines) is 1. The van der Waals surface area contributed by atoms with Crippen molar-refractivity contribution in [1.29, 1.82) is 0 Å². The number of ether oxygens (including phenoxy) is 1. The van der Waals surface area contributed by atoms with Crippen LogP contribution in [0.4, 0.5) is 20.6 Å². The number of methoxy groups -OCH3 is 1. The number of rotatable bonds is 4. The summed E-state index contributed by atoms with van der Waals surface area (Å²) in [5, 5.41) is 5.67. The summed E-state index contributed by atoms with van der Waals surface area (Å²) < 4.78 is 18.3. The lowest BCUT2D eigenvalue weighted by Gasteiger charge is -2.32. The van der Waals surface area contributed by atoms with Gasteiger partial charge in [0.2, 0.25) is 5.91 Å². The van der Waals surface area contributed by atoms with Crippen LogP contribution < -0.4 is 15.4 Å². The van der Waals surface area contributed by atoms with E-state index >= 15 is 0 Å². The second-order valence-electron chi connectivity index (χ2n) is 6.92. The van der Waals surface area contributed by atoms with Crippen molar-refractivity contribution in [3.63, 3.8) is 0 Å². The van der Waals surface area contributed by atoms with Crippen LogP contribution in [0.1, 0.15) is 18.4 Å². The van der Waals surface area contributed by atoms with Crippen LogP contribution in [0.5, 0.6) is 5.75 Å². The summed E-state index contributed by atoms with van der Waals surface area (Å²) in [6, 6.07) is 10.9. The van der Waals surface area contributed by atoms with Crippen LogP contribution in [0.3, 0.4) is 0 Å². The van der Waals surface area contributed by atoms with Gasteiger partial charge in [-0.2, -0.15) is 0 Å². The van der Waals surface area contributed by atoms with Gasteiger partial charge in [-0.1, -0.05) is 6.07 Å². The van der Waals surface area contributed by atoms with Crippen molar-refractivity contribution in [1.82, 2.24) is 4.90 Å². The van der Waals surface area contributed by atoms with E-state index in [2.05, 4.69) is 10.6 Å². The Bertz CT molecular complexity index is 854. The SMILES string of the molecule is COc1ccc(C)cc1NC(=O)C1CCCN(C(=O)Nc2ccc(F)cc2)C1. The van der Waals surface area contributed by atoms with Gasteiger partial charge in [-0.05, 0) is 61.7 Å². The van der Waals surface area contributed by atoms with Crippen LogP contribution in [0, 0.1) is 18.7 Å². The van der Waals surface area contributed by atoms with Gasteiger partial charge in [-0.25, -0.2) is 9.18 Å². The predicted octanol–water partition coefficient (Wildman–Crippen LogP) is 4.03. The van der Waals surface area contributed by atoms with Crippen LogP contribution in [-0.2, 0) is 4.79 Å². The van der Waals surface area contributed by atoms with Gasteiger partial charge in [0.05, 0.1) is 18.7 Å². The van der Waals surface area contributed by atoms with E-state index in [1.165, 1.54) is 24.3 Å². The first-order valence-electron chi connectivity index (χ1n) is 9.23. The molecule has 0 radical (unpaired) electrons. The molecule has 1 aliphatic rings. The largest absolute Gasteiger partial charge is 0.495 e. The summed E-state index contributed by atoms with van der Waals surface area (Å²) in [5.74, 6) is -0.207. The number of aryl methyl sites for hydroxylation is 1. The van der Waals surface area contributed by atoms with Crippen LogP contribution in [0.15, 0.2) is 42.5 Å². The highest BCUT2D eigenvalue weighted by Crippen LogP contribution is 2.27. The molecule has 1 saturated heterocycles. The molecule has 0 aliphatic carbocycles. The minimum Gasteiger partial charge on any atom is -0.495 e. The third-order valence-corrected chi connectivity index (χ3v) is 4.79. The standard InChI is InChI=1S/C21H24FN3O3/c1-14-5-10-19(28-2)18(12-14)24-20(26)15-4-3-11-25(13-15)21(27)23-17-8-6-16(22)7-9-17/h5-10,12,15H,3-4,11,13H2,1-2H3,(H,23,27)(H,24,26). The highest BCUT2D eigenvalue weighted by Gasteiger charge is 2.29. The van der Waals surface area contributed by atoms with E-state index in [-0.39, 0.29) is 23.7 Å². The Morgan fingerprint density at radius 2 is 1.89 bits per heavy atom. The fourth-order valence-electron chi connectivity index (χ4n) is 3.27. The number of nitrogens with one attached hydrogen (secondary N) is 2. The predicted molar refractivity (Wildman–Crippen MR) is 106 cm³/mol. The molecule has 0 bridgehead atoms. The average Bonchev–Trinajstić information content (AvgIpc) is 2.70. The Hall–Kier alpha value is -3.09. The number of urea groups is 1. The summed E-state index contributed by atoms with van der Waals surface area (Å²) >= 11 is 0. The molecule has 148 valence electrons. The van der Waals surface area contributed by atoms with E-state index in [4.69, 9.17) is 4.74 Å². The number of carbonyl (C=O) groups is 2. The molecule has 6 nitrogen and oxygen atoms in total. The van der Waals surface area contributed by atoms with Gasteiger partial charge < -0.3 is 20.3 Å². The number of piperidine rings is 1. The number of nitrogens with zero attached hydrogens (tertiary/aromatic N) is 1. The lowest BCUT2D eigenvalue weighted by Crippen LogP contribution is -2.45. The van der Waals surface area contributed by atoms with E-state index < -0.39 is 0 Å². The first-order valence-corrected chi connectivity index (χ1v) is 9.23. The second-order valence-corrected chi connectivity index (χ2v) is 6.92. The van der Waals surface area contributed by atoms with Gasteiger partial charge in [0.25, 0.3) is 0 Å². The molecule has 1 atom stereocenters. The third kappa shape index (κ3) is 4.79. The quantitative estimate of drug-likeness (QED) is 0.835. The van der Waals surface area contributed by atoms with Crippen molar-refractivity contribution >= 4 is 23.3 Å². The third-order valence-electron chi connectivity index (χ3n) is 4.79. The minimum atomic E-state index is -0.362. The highest BCUT2D eigenvalue weighted by atomic mass is 19.1. The summed E-state index contributed by atoms with van der Waals surface area (Å²) in [7, 11) is 1.56. The highest BCUT2D eigenvalue weighted by molar-refractivity contribution is 5.95. The average molecular weight is 385 g/mol. The fraction of sp³-hybridized carbons (Fsp3) is 0.333. The first kappa shape index (κ1) is 19.7. The van der Waals surface area contributed by atoms with Gasteiger partial charge in [-0.15, -0.1) is 0 Å². The molecule has 3 rings (SSSR count). The molecule has 0 spiro atoms. The maximum absolute atomic E-state index is 13.0. The van der Waals surface area contributed by atoms with Gasteiger partial charge >= 0.3 is 6.03 Å². The molecule has 3 amide bonds. The topological polar surface area (TPSA) is 70.7 Å². The maximum atomic E-state index is 13.0. The van der Waals surface area contributed by atoms with Crippen LogP contribution in [0.2, 0.25) is 0 Å². The molecular formula is C21H24FN3O3. The van der Waals surface area contributed by atoms with Gasteiger partial charge in [-0.3, -0.25) is 4.79 Å². The summed E-state index contributed by atoms with van der Waals surface area (Å²) in [6.07, 6.45) is 1.44. The zero-order chi connectivity index (χ0) is 20.1. The summed E-state index contributed by atoms with van der Waals surface area (Å²) in [6.45, 7) is 2.84. The summed E-state index contributed by atoms with van der Waals surface area (Å²) in [4.78, 5) is 26.9. The maximum Gasteiger partial charge on any atom is 0.321 e. The Balaban J connectivity index is 1.62. The smallest absolute Gasteiger partial charge is 0.321 e. The van der Waals surface area contributed by atoms with Gasteiger partial charge in [0, 0.05) is 18.8 Å². The number of carbonyl (C=O) groups excluding carboxylic acids is 2.